The Kier molecular flexibility index (Phi) is 3.39. The van der Waals surface area contributed by atoms with E-state index in [4.69, 9.17) is 0 Å². The van der Waals surface area contributed by atoms with Gasteiger partial charge in [-0.3, -0.25) is 0 Å². The maximum Gasteiger partial charge on any atom is 0.136 e. The number of benzene rings is 2. The van der Waals surface area contributed by atoms with Gasteiger partial charge < -0.3 is 0 Å². The van der Waals surface area contributed by atoms with Crippen molar-refractivity contribution < 1.29 is 0 Å². The molecule has 0 saturated carbocycles. The van der Waals surface area contributed by atoms with Crippen molar-refractivity contribution in [3.05, 3.63) is 65.5 Å². The summed E-state index contributed by atoms with van der Waals surface area (Å²) >= 11 is 0. The molecule has 0 saturated heterocycles. The molecule has 0 atom stereocenters. The van der Waals surface area contributed by atoms with E-state index in [-0.39, 0.29) is 0 Å². The van der Waals surface area contributed by atoms with Crippen molar-refractivity contribution in [3.8, 4) is 11.1 Å². The first kappa shape index (κ1) is 15.2. The fourth-order valence-electron chi connectivity index (χ4n) is 4.04. The fraction of sp³-hybridized carbons (Fsp3) is 0.250. The normalized spacial score (nSPS) is 14.3. The van der Waals surface area contributed by atoms with Crippen molar-refractivity contribution in [3.63, 3.8) is 0 Å². The first-order valence-electron chi connectivity index (χ1n) is 8.37. The fourth-order valence-corrected chi connectivity index (χ4v) is 7.58. The van der Waals surface area contributed by atoms with E-state index in [0.717, 1.165) is 23.9 Å². The molecule has 2 heterocycles. The third-order valence-corrected chi connectivity index (χ3v) is 8.54. The van der Waals surface area contributed by atoms with Crippen LogP contribution in [0.2, 0.25) is 13.1 Å². The van der Waals surface area contributed by atoms with E-state index in [9.17, 15) is 0 Å². The Balaban J connectivity index is 1.86. The number of hydrogen-bond acceptors (Lipinski definition) is 3. The number of aryl methyl sites for hydroxylation is 2. The molecular weight excluding hydrogens is 310 g/mol. The van der Waals surface area contributed by atoms with E-state index in [1.807, 2.05) is 13.8 Å². The van der Waals surface area contributed by atoms with Crippen LogP contribution in [0, 0.1) is 13.8 Å². The molecule has 1 aliphatic heterocycles. The molecule has 0 fully saturated rings. The van der Waals surface area contributed by atoms with Crippen molar-refractivity contribution in [1.82, 2.24) is 15.0 Å². The highest BCUT2D eigenvalue weighted by atomic mass is 28.3. The molecule has 2 aromatic carbocycles. The zero-order valence-corrected chi connectivity index (χ0v) is 15.6. The van der Waals surface area contributed by atoms with Gasteiger partial charge in [0.05, 0.1) is 0 Å². The van der Waals surface area contributed by atoms with E-state index in [2.05, 4.69) is 70.5 Å². The molecule has 0 unspecified atom stereocenters. The third-order valence-electron chi connectivity index (χ3n) is 4.92. The van der Waals surface area contributed by atoms with Crippen LogP contribution in [0.3, 0.4) is 0 Å². The summed E-state index contributed by atoms with van der Waals surface area (Å²) < 4.78 is 0. The molecule has 4 rings (SSSR count). The largest absolute Gasteiger partial charge is 0.219 e. The lowest BCUT2D eigenvalue weighted by Crippen LogP contribution is -2.50. The molecule has 0 spiro atoms. The lowest BCUT2D eigenvalue weighted by Gasteiger charge is -2.22. The van der Waals surface area contributed by atoms with Crippen molar-refractivity contribution >= 4 is 18.4 Å². The second-order valence-electron chi connectivity index (χ2n) is 7.03. The first-order chi connectivity index (χ1) is 11.5. The summed E-state index contributed by atoms with van der Waals surface area (Å²) in [6.07, 6.45) is 0.776. The van der Waals surface area contributed by atoms with E-state index in [0.29, 0.717) is 0 Å². The summed E-state index contributed by atoms with van der Waals surface area (Å²) in [6.45, 7) is 8.76. The Bertz CT molecular complexity index is 927. The monoisotopic (exact) mass is 331 g/mol. The minimum atomic E-state index is -1.68. The number of hydrogen-bond donors (Lipinski definition) is 0. The lowest BCUT2D eigenvalue weighted by molar-refractivity contribution is 0.844. The van der Waals surface area contributed by atoms with Crippen LogP contribution in [-0.2, 0) is 6.42 Å². The van der Waals surface area contributed by atoms with Gasteiger partial charge in [-0.1, -0.05) is 55.6 Å². The Morgan fingerprint density at radius 3 is 2.21 bits per heavy atom. The van der Waals surface area contributed by atoms with Gasteiger partial charge in [0, 0.05) is 6.42 Å². The summed E-state index contributed by atoms with van der Waals surface area (Å²) in [7, 11) is -1.68. The minimum Gasteiger partial charge on any atom is -0.219 e. The van der Waals surface area contributed by atoms with Crippen molar-refractivity contribution in [2.75, 3.05) is 0 Å². The van der Waals surface area contributed by atoms with Crippen LogP contribution in [0.25, 0.3) is 11.1 Å². The van der Waals surface area contributed by atoms with Crippen LogP contribution < -0.4 is 10.4 Å². The van der Waals surface area contributed by atoms with Gasteiger partial charge in [0.15, 0.2) is 0 Å². The highest BCUT2D eigenvalue weighted by molar-refractivity contribution is 7.04. The molecule has 120 valence electrons. The van der Waals surface area contributed by atoms with Crippen LogP contribution in [0.5, 0.6) is 0 Å². The lowest BCUT2D eigenvalue weighted by atomic mass is 10.0. The van der Waals surface area contributed by atoms with Crippen molar-refractivity contribution in [2.24, 2.45) is 0 Å². The van der Waals surface area contributed by atoms with Gasteiger partial charge in [-0.25, -0.2) is 15.0 Å². The molecule has 0 radical (unpaired) electrons. The standard InChI is InChI=1S/C20H21N3Si/c1-13-21-14(2)23-19(22-13)12-15-8-7-10-17-16-9-5-6-11-18(16)24(3,4)20(15)17/h5-11H,12H2,1-4H3. The van der Waals surface area contributed by atoms with Gasteiger partial charge in [-0.15, -0.1) is 0 Å². The van der Waals surface area contributed by atoms with E-state index in [1.54, 1.807) is 5.19 Å². The highest BCUT2D eigenvalue weighted by Crippen LogP contribution is 2.29. The topological polar surface area (TPSA) is 38.7 Å². The second kappa shape index (κ2) is 5.35. The summed E-state index contributed by atoms with van der Waals surface area (Å²) in [5, 5.41) is 3.08. The van der Waals surface area contributed by atoms with E-state index < -0.39 is 8.07 Å². The molecule has 0 amide bonds. The molecule has 1 aliphatic rings. The molecule has 1 aromatic heterocycles. The Labute approximate surface area is 143 Å². The van der Waals surface area contributed by atoms with Gasteiger partial charge in [0.25, 0.3) is 0 Å². The van der Waals surface area contributed by atoms with E-state index in [1.165, 1.54) is 21.9 Å². The third kappa shape index (κ3) is 2.29. The van der Waals surface area contributed by atoms with Gasteiger partial charge >= 0.3 is 0 Å². The minimum absolute atomic E-state index is 0.776. The number of fused-ring (bicyclic) bond motifs is 3. The average molecular weight is 331 g/mol. The maximum atomic E-state index is 4.54. The zero-order valence-electron chi connectivity index (χ0n) is 14.6. The van der Waals surface area contributed by atoms with Gasteiger partial charge in [0.2, 0.25) is 0 Å². The van der Waals surface area contributed by atoms with Crippen LogP contribution in [0.1, 0.15) is 23.0 Å². The molecule has 0 N–H and O–H groups in total. The SMILES string of the molecule is Cc1nc(C)nc(Cc2cccc3c2[Si](C)(C)c2ccccc2-3)n1. The molecular formula is C20H21N3Si. The average Bonchev–Trinajstić information content (AvgIpc) is 2.76. The quantitative estimate of drug-likeness (QED) is 0.678. The Morgan fingerprint density at radius 1 is 0.792 bits per heavy atom. The number of aromatic nitrogens is 3. The number of rotatable bonds is 2. The van der Waals surface area contributed by atoms with Crippen molar-refractivity contribution in [2.45, 2.75) is 33.4 Å². The van der Waals surface area contributed by atoms with Crippen LogP contribution in [-0.4, -0.2) is 23.0 Å². The van der Waals surface area contributed by atoms with Gasteiger partial charge in [-0.05, 0) is 40.9 Å². The van der Waals surface area contributed by atoms with Crippen LogP contribution in [0.15, 0.2) is 42.5 Å². The molecule has 3 aromatic rings. The van der Waals surface area contributed by atoms with E-state index >= 15 is 0 Å². The van der Waals surface area contributed by atoms with Crippen LogP contribution in [0.4, 0.5) is 0 Å². The Morgan fingerprint density at radius 2 is 1.46 bits per heavy atom. The highest BCUT2D eigenvalue weighted by Gasteiger charge is 2.38. The predicted molar refractivity (Wildman–Crippen MR) is 101 cm³/mol. The predicted octanol–water partition coefficient (Wildman–Crippen LogP) is 2.88. The molecule has 0 bridgehead atoms. The summed E-state index contributed by atoms with van der Waals surface area (Å²) in [5.74, 6) is 2.46. The van der Waals surface area contributed by atoms with Crippen LogP contribution >= 0.6 is 0 Å². The smallest absolute Gasteiger partial charge is 0.136 e. The zero-order chi connectivity index (χ0) is 16.9. The number of nitrogens with zero attached hydrogens (tertiary/aromatic N) is 3. The maximum absolute atomic E-state index is 4.54. The summed E-state index contributed by atoms with van der Waals surface area (Å²) in [5.41, 5.74) is 4.18. The van der Waals surface area contributed by atoms with Gasteiger partial charge in [0.1, 0.15) is 25.5 Å². The first-order valence-corrected chi connectivity index (χ1v) is 11.4. The second-order valence-corrected chi connectivity index (χ2v) is 11.3. The molecule has 0 aliphatic carbocycles. The molecule has 4 heteroatoms. The summed E-state index contributed by atoms with van der Waals surface area (Å²) in [4.78, 5) is 13.4. The Hall–Kier alpha value is -2.33. The van der Waals surface area contributed by atoms with Crippen molar-refractivity contribution in [1.29, 1.82) is 0 Å². The molecule has 3 nitrogen and oxygen atoms in total. The molecule has 24 heavy (non-hydrogen) atoms. The van der Waals surface area contributed by atoms with Gasteiger partial charge in [-0.2, -0.15) is 0 Å². The summed E-state index contributed by atoms with van der Waals surface area (Å²) in [6, 6.07) is 15.6.